The number of fused-ring (bicyclic) bond motifs is 2. The molecule has 1 N–H and O–H groups in total. The predicted octanol–water partition coefficient (Wildman–Crippen LogP) is 1.40. The third-order valence-corrected chi connectivity index (χ3v) is 3.65. The normalized spacial score (nSPS) is 25.4. The SMILES string of the molecule is CNc1ccc([N+](=O)[O-])c(N2CC3CCC(C2)O3)n1. The third kappa shape index (κ3) is 2.21. The van der Waals surface area contributed by atoms with Crippen LogP contribution in [0.4, 0.5) is 17.3 Å². The Kier molecular flexibility index (Phi) is 2.98. The number of nitrogens with zero attached hydrogens (tertiary/aromatic N) is 3. The summed E-state index contributed by atoms with van der Waals surface area (Å²) >= 11 is 0. The lowest BCUT2D eigenvalue weighted by Crippen LogP contribution is -2.43. The minimum atomic E-state index is -0.376. The third-order valence-electron chi connectivity index (χ3n) is 3.65. The van der Waals surface area contributed by atoms with Crippen LogP contribution in [0, 0.1) is 10.1 Å². The number of aromatic nitrogens is 1. The van der Waals surface area contributed by atoms with Crippen LogP contribution in [0.2, 0.25) is 0 Å². The fourth-order valence-electron chi connectivity index (χ4n) is 2.74. The van der Waals surface area contributed by atoms with E-state index in [1.54, 1.807) is 13.1 Å². The van der Waals surface area contributed by atoms with Gasteiger partial charge in [-0.2, -0.15) is 0 Å². The summed E-state index contributed by atoms with van der Waals surface area (Å²) in [7, 11) is 1.75. The van der Waals surface area contributed by atoms with Gasteiger partial charge in [-0.15, -0.1) is 0 Å². The number of anilines is 2. The van der Waals surface area contributed by atoms with Gasteiger partial charge in [-0.1, -0.05) is 0 Å². The maximum atomic E-state index is 11.1. The summed E-state index contributed by atoms with van der Waals surface area (Å²) in [5, 5.41) is 14.0. The van der Waals surface area contributed by atoms with E-state index in [0.717, 1.165) is 12.8 Å². The first kappa shape index (κ1) is 12.2. The van der Waals surface area contributed by atoms with Crippen molar-refractivity contribution in [1.82, 2.24) is 4.98 Å². The smallest absolute Gasteiger partial charge is 0.311 e. The molecule has 2 aliphatic heterocycles. The van der Waals surface area contributed by atoms with Crippen molar-refractivity contribution in [2.24, 2.45) is 0 Å². The molecule has 3 heterocycles. The van der Waals surface area contributed by atoms with Crippen LogP contribution in [-0.4, -0.2) is 42.3 Å². The van der Waals surface area contributed by atoms with Crippen LogP contribution in [0.15, 0.2) is 12.1 Å². The molecule has 0 radical (unpaired) electrons. The van der Waals surface area contributed by atoms with Gasteiger partial charge in [-0.3, -0.25) is 10.1 Å². The molecule has 19 heavy (non-hydrogen) atoms. The molecule has 102 valence electrons. The molecule has 1 aromatic rings. The summed E-state index contributed by atoms with van der Waals surface area (Å²) < 4.78 is 5.75. The summed E-state index contributed by atoms with van der Waals surface area (Å²) in [4.78, 5) is 17.1. The number of pyridine rings is 1. The number of rotatable bonds is 3. The Morgan fingerprint density at radius 1 is 1.42 bits per heavy atom. The van der Waals surface area contributed by atoms with Crippen molar-refractivity contribution in [1.29, 1.82) is 0 Å². The van der Waals surface area contributed by atoms with Crippen LogP contribution in [0.25, 0.3) is 0 Å². The second-order valence-electron chi connectivity index (χ2n) is 4.91. The summed E-state index contributed by atoms with van der Waals surface area (Å²) in [5.41, 5.74) is 0.0558. The zero-order chi connectivity index (χ0) is 13.4. The van der Waals surface area contributed by atoms with Crippen LogP contribution < -0.4 is 10.2 Å². The Labute approximate surface area is 110 Å². The van der Waals surface area contributed by atoms with Crippen LogP contribution in [0.3, 0.4) is 0 Å². The van der Waals surface area contributed by atoms with Crippen molar-refractivity contribution in [3.8, 4) is 0 Å². The van der Waals surface area contributed by atoms with E-state index < -0.39 is 0 Å². The largest absolute Gasteiger partial charge is 0.373 e. The lowest BCUT2D eigenvalue weighted by Gasteiger charge is -2.32. The number of morpholine rings is 1. The van der Waals surface area contributed by atoms with Crippen molar-refractivity contribution in [2.75, 3.05) is 30.4 Å². The van der Waals surface area contributed by atoms with E-state index in [1.807, 2.05) is 4.90 Å². The number of hydrogen-bond donors (Lipinski definition) is 1. The van der Waals surface area contributed by atoms with E-state index in [-0.39, 0.29) is 22.8 Å². The first-order valence-corrected chi connectivity index (χ1v) is 6.41. The molecule has 2 atom stereocenters. The molecule has 0 spiro atoms. The van der Waals surface area contributed by atoms with E-state index >= 15 is 0 Å². The summed E-state index contributed by atoms with van der Waals surface area (Å²) in [6, 6.07) is 3.13. The van der Waals surface area contributed by atoms with Gasteiger partial charge in [0.05, 0.1) is 17.1 Å². The molecular weight excluding hydrogens is 248 g/mol. The Hall–Kier alpha value is -1.89. The molecule has 3 rings (SSSR count). The van der Waals surface area contributed by atoms with Gasteiger partial charge in [0.2, 0.25) is 5.82 Å². The summed E-state index contributed by atoms with van der Waals surface area (Å²) in [6.07, 6.45) is 2.42. The number of ether oxygens (including phenoxy) is 1. The highest BCUT2D eigenvalue weighted by atomic mass is 16.6. The highest BCUT2D eigenvalue weighted by Crippen LogP contribution is 2.33. The molecule has 2 saturated heterocycles. The molecule has 2 aliphatic rings. The van der Waals surface area contributed by atoms with Gasteiger partial charge < -0.3 is 15.0 Å². The van der Waals surface area contributed by atoms with E-state index in [4.69, 9.17) is 4.74 Å². The van der Waals surface area contributed by atoms with Crippen molar-refractivity contribution >= 4 is 17.3 Å². The van der Waals surface area contributed by atoms with Crippen LogP contribution in [0.5, 0.6) is 0 Å². The standard InChI is InChI=1S/C12H16N4O3/c1-13-11-5-4-10(16(17)18)12(14-11)15-6-8-2-3-9(7-15)19-8/h4-5,8-9H,2-3,6-7H2,1H3,(H,13,14). The van der Waals surface area contributed by atoms with E-state index in [0.29, 0.717) is 24.7 Å². The quantitative estimate of drug-likeness (QED) is 0.656. The highest BCUT2D eigenvalue weighted by Gasteiger charge is 2.36. The fraction of sp³-hybridized carbons (Fsp3) is 0.583. The monoisotopic (exact) mass is 264 g/mol. The molecule has 0 aromatic carbocycles. The predicted molar refractivity (Wildman–Crippen MR) is 70.5 cm³/mol. The highest BCUT2D eigenvalue weighted by molar-refractivity contribution is 5.62. The lowest BCUT2D eigenvalue weighted by molar-refractivity contribution is -0.384. The van der Waals surface area contributed by atoms with E-state index in [9.17, 15) is 10.1 Å². The molecule has 1 aromatic heterocycles. The number of nitro groups is 1. The van der Waals surface area contributed by atoms with Gasteiger partial charge in [0.15, 0.2) is 0 Å². The van der Waals surface area contributed by atoms with Crippen LogP contribution >= 0.6 is 0 Å². The average Bonchev–Trinajstić information content (AvgIpc) is 2.76. The van der Waals surface area contributed by atoms with Gasteiger partial charge in [0, 0.05) is 26.2 Å². The Balaban J connectivity index is 1.95. The second-order valence-corrected chi connectivity index (χ2v) is 4.91. The van der Waals surface area contributed by atoms with Crippen LogP contribution in [0.1, 0.15) is 12.8 Å². The first-order chi connectivity index (χ1) is 9.17. The molecular formula is C12H16N4O3. The van der Waals surface area contributed by atoms with Gasteiger partial charge in [-0.05, 0) is 18.9 Å². The molecule has 7 nitrogen and oxygen atoms in total. The molecule has 2 unspecified atom stereocenters. The minimum absolute atomic E-state index is 0.0558. The Bertz CT molecular complexity index is 496. The van der Waals surface area contributed by atoms with Crippen molar-refractivity contribution in [2.45, 2.75) is 25.0 Å². The van der Waals surface area contributed by atoms with Gasteiger partial charge in [0.25, 0.3) is 0 Å². The maximum Gasteiger partial charge on any atom is 0.311 e. The fourth-order valence-corrected chi connectivity index (χ4v) is 2.74. The average molecular weight is 264 g/mol. The van der Waals surface area contributed by atoms with Crippen LogP contribution in [-0.2, 0) is 4.74 Å². The first-order valence-electron chi connectivity index (χ1n) is 6.41. The second kappa shape index (κ2) is 4.65. The lowest BCUT2D eigenvalue weighted by atomic mass is 10.2. The zero-order valence-electron chi connectivity index (χ0n) is 10.7. The molecule has 0 amide bonds. The van der Waals surface area contributed by atoms with Crippen molar-refractivity contribution < 1.29 is 9.66 Å². The van der Waals surface area contributed by atoms with Gasteiger partial charge >= 0.3 is 5.69 Å². The molecule has 0 aliphatic carbocycles. The topological polar surface area (TPSA) is 80.5 Å². The van der Waals surface area contributed by atoms with Crippen molar-refractivity contribution in [3.05, 3.63) is 22.2 Å². The molecule has 2 bridgehead atoms. The molecule has 7 heteroatoms. The Morgan fingerprint density at radius 2 is 2.11 bits per heavy atom. The minimum Gasteiger partial charge on any atom is -0.373 e. The number of hydrogen-bond acceptors (Lipinski definition) is 6. The van der Waals surface area contributed by atoms with Gasteiger partial charge in [-0.25, -0.2) is 4.98 Å². The number of nitrogens with one attached hydrogen (secondary N) is 1. The Morgan fingerprint density at radius 3 is 2.68 bits per heavy atom. The summed E-state index contributed by atoms with van der Waals surface area (Å²) in [5.74, 6) is 1.08. The molecule has 2 fully saturated rings. The van der Waals surface area contributed by atoms with E-state index in [2.05, 4.69) is 10.3 Å². The van der Waals surface area contributed by atoms with E-state index in [1.165, 1.54) is 6.07 Å². The zero-order valence-corrected chi connectivity index (χ0v) is 10.7. The summed E-state index contributed by atoms with van der Waals surface area (Å²) in [6.45, 7) is 1.36. The molecule has 0 saturated carbocycles. The maximum absolute atomic E-state index is 11.1. The van der Waals surface area contributed by atoms with Gasteiger partial charge in [0.1, 0.15) is 5.82 Å². The van der Waals surface area contributed by atoms with Crippen molar-refractivity contribution in [3.63, 3.8) is 0 Å².